The largest absolute Gasteiger partial charge is 0.134 e. The zero-order chi connectivity index (χ0) is 35.1. The van der Waals surface area contributed by atoms with Gasteiger partial charge in [0.1, 0.15) is 32.3 Å². The van der Waals surface area contributed by atoms with Gasteiger partial charge in [-0.1, -0.05) is 102 Å². The molecule has 5 rings (SSSR count). The second-order valence-corrected chi connectivity index (χ2v) is 39.6. The third-order valence-corrected chi connectivity index (χ3v) is 14.9. The normalized spacial score (nSPS) is 16.9. The van der Waals surface area contributed by atoms with Crippen LogP contribution in [0.25, 0.3) is 24.3 Å². The minimum atomic E-state index is -1.56. The molecule has 0 aliphatic carbocycles. The molecule has 0 amide bonds. The quantitative estimate of drug-likeness (QED) is 0.125. The lowest BCUT2D eigenvalue weighted by Gasteiger charge is -2.02. The van der Waals surface area contributed by atoms with Crippen LogP contribution in [0.1, 0.15) is 22.3 Å². The number of rotatable bonds is 0. The van der Waals surface area contributed by atoms with Crippen molar-refractivity contribution in [2.24, 2.45) is 0 Å². The predicted molar refractivity (Wildman–Crippen MR) is 230 cm³/mol. The molecule has 5 heterocycles. The maximum atomic E-state index is 3.62. The van der Waals surface area contributed by atoms with Crippen LogP contribution in [0.2, 0.25) is 78.6 Å². The third-order valence-electron chi connectivity index (χ3n) is 6.59. The van der Waals surface area contributed by atoms with Crippen LogP contribution in [-0.4, -0.2) is 32.3 Å². The lowest BCUT2D eigenvalue weighted by molar-refractivity contribution is 1.68. The molecule has 8 heteroatoms. The molecule has 0 radical (unpaired) electrons. The highest BCUT2D eigenvalue weighted by atomic mass is 32.1. The molecule has 48 heavy (non-hydrogen) atoms. The molecular formula is C40H44S4Si4. The first kappa shape index (κ1) is 36.7. The van der Waals surface area contributed by atoms with E-state index in [-0.39, 0.29) is 0 Å². The molecular weight excluding hydrogens is 721 g/mol. The van der Waals surface area contributed by atoms with Gasteiger partial charge in [-0.25, -0.2) is 0 Å². The lowest BCUT2D eigenvalue weighted by Crippen LogP contribution is -2.16. The summed E-state index contributed by atoms with van der Waals surface area (Å²) >= 11 is 7.31. The van der Waals surface area contributed by atoms with Crippen molar-refractivity contribution in [3.63, 3.8) is 0 Å². The van der Waals surface area contributed by atoms with E-state index in [2.05, 4.69) is 173 Å². The van der Waals surface area contributed by atoms with Crippen LogP contribution >= 0.6 is 45.3 Å². The predicted octanol–water partition coefficient (Wildman–Crippen LogP) is 8.26. The molecule has 4 aromatic heterocycles. The summed E-state index contributed by atoms with van der Waals surface area (Å²) in [7, 11) is -6.24. The molecule has 0 saturated heterocycles. The zero-order valence-electron chi connectivity index (χ0n) is 30.3. The highest BCUT2D eigenvalue weighted by molar-refractivity contribution is 7.12. The van der Waals surface area contributed by atoms with Crippen molar-refractivity contribution in [1.82, 2.24) is 0 Å². The molecule has 0 aromatic carbocycles. The topological polar surface area (TPSA) is 0 Å². The Hall–Kier alpha value is -2.61. The van der Waals surface area contributed by atoms with Crippen molar-refractivity contribution in [2.45, 2.75) is 78.6 Å². The van der Waals surface area contributed by atoms with Crippen LogP contribution in [0.4, 0.5) is 0 Å². The zero-order valence-corrected chi connectivity index (χ0v) is 37.5. The van der Waals surface area contributed by atoms with Gasteiger partial charge in [0, 0.05) is 58.5 Å². The van der Waals surface area contributed by atoms with Gasteiger partial charge in [0.05, 0.1) is 0 Å². The fourth-order valence-corrected chi connectivity index (χ4v) is 10.6. The summed E-state index contributed by atoms with van der Waals surface area (Å²) in [6.45, 7) is 27.7. The standard InChI is InChI=1S/C40H44S4Si4/c1-45(2,3)21-17-29-25-37-38-26-30(18-22-46(4,5)6)35(42-38)15-16-36-32(20-24-48(10,11)12)28-40(44-36)39-27-31(19-23-47(7,8)9)34(43-39)14-13-33(29)41-37/h13-16,25-28H,1-12H3/b14-13?,16-15?,33-13-,34-14-,35-15-,36-16-,38-37-,40-39-. The van der Waals surface area contributed by atoms with Gasteiger partial charge in [0.25, 0.3) is 0 Å². The Morgan fingerprint density at radius 1 is 0.333 bits per heavy atom. The van der Waals surface area contributed by atoms with Gasteiger partial charge in [0.2, 0.25) is 0 Å². The molecule has 0 fully saturated rings. The van der Waals surface area contributed by atoms with E-state index in [1.54, 1.807) is 0 Å². The van der Waals surface area contributed by atoms with E-state index >= 15 is 0 Å². The van der Waals surface area contributed by atoms with Crippen LogP contribution in [0.3, 0.4) is 0 Å². The van der Waals surface area contributed by atoms with Gasteiger partial charge >= 0.3 is 0 Å². The maximum Gasteiger partial charge on any atom is 0.129 e. The summed E-state index contributed by atoms with van der Waals surface area (Å²) in [6.07, 6.45) is 9.09. The number of hydrogen-bond donors (Lipinski definition) is 0. The van der Waals surface area contributed by atoms with Crippen molar-refractivity contribution in [1.29, 1.82) is 0 Å². The Bertz CT molecular complexity index is 2250. The molecule has 4 aromatic rings. The average Bonchev–Trinajstić information content (AvgIpc) is 3.72. The Morgan fingerprint density at radius 2 is 0.521 bits per heavy atom. The molecule has 0 N–H and O–H groups in total. The van der Waals surface area contributed by atoms with Crippen molar-refractivity contribution in [3.05, 3.63) is 82.8 Å². The van der Waals surface area contributed by atoms with E-state index < -0.39 is 32.3 Å². The molecule has 0 nitrogen and oxygen atoms in total. The van der Waals surface area contributed by atoms with Crippen LogP contribution in [0.15, 0.2) is 24.3 Å². The summed E-state index contributed by atoms with van der Waals surface area (Å²) in [4.78, 5) is 0. The number of thiophene rings is 4. The van der Waals surface area contributed by atoms with Gasteiger partial charge in [-0.3, -0.25) is 0 Å². The van der Waals surface area contributed by atoms with Crippen LogP contribution < -0.4 is 18.1 Å². The molecule has 244 valence electrons. The molecule has 0 spiro atoms. The molecule has 0 unspecified atom stereocenters. The first-order chi connectivity index (χ1) is 22.2. The van der Waals surface area contributed by atoms with Gasteiger partial charge in [-0.2, -0.15) is 0 Å². The van der Waals surface area contributed by atoms with Gasteiger partial charge in [-0.05, 0) is 48.6 Å². The molecule has 0 saturated carbocycles. The minimum absolute atomic E-state index is 1.11. The Morgan fingerprint density at radius 3 is 0.688 bits per heavy atom. The second kappa shape index (κ2) is 14.0. The summed E-state index contributed by atoms with van der Waals surface area (Å²) in [5.41, 5.74) is 18.9. The monoisotopic (exact) mass is 764 g/mol. The summed E-state index contributed by atoms with van der Waals surface area (Å²) in [6, 6.07) is 9.19. The second-order valence-electron chi connectivity index (χ2n) is 16.2. The molecule has 0 atom stereocenters. The van der Waals surface area contributed by atoms with E-state index in [4.69, 9.17) is 0 Å². The first-order valence-electron chi connectivity index (χ1n) is 16.3. The van der Waals surface area contributed by atoms with E-state index in [9.17, 15) is 0 Å². The molecule has 1 aliphatic heterocycles. The minimum Gasteiger partial charge on any atom is -0.134 e. The van der Waals surface area contributed by atoms with Gasteiger partial charge in [0.15, 0.2) is 0 Å². The third kappa shape index (κ3) is 10.2. The van der Waals surface area contributed by atoms with Crippen molar-refractivity contribution in [3.8, 4) is 45.9 Å². The van der Waals surface area contributed by atoms with E-state index in [0.29, 0.717) is 0 Å². The Kier molecular flexibility index (Phi) is 10.7. The highest BCUT2D eigenvalue weighted by Crippen LogP contribution is 2.14. The van der Waals surface area contributed by atoms with Crippen LogP contribution in [-0.2, 0) is 0 Å². The lowest BCUT2D eigenvalue weighted by atomic mass is 10.2. The summed E-state index contributed by atoms with van der Waals surface area (Å²) in [5, 5.41) is 0. The van der Waals surface area contributed by atoms with Crippen molar-refractivity contribution >= 4 is 102 Å². The van der Waals surface area contributed by atoms with Crippen LogP contribution in [0.5, 0.6) is 0 Å². The van der Waals surface area contributed by atoms with E-state index in [1.165, 1.54) is 36.3 Å². The molecule has 1 aliphatic rings. The van der Waals surface area contributed by atoms with E-state index in [0.717, 1.165) is 22.3 Å². The highest BCUT2D eigenvalue weighted by Gasteiger charge is 2.12. The van der Waals surface area contributed by atoms with Gasteiger partial charge < -0.3 is 0 Å². The van der Waals surface area contributed by atoms with Crippen molar-refractivity contribution < 1.29 is 0 Å². The smallest absolute Gasteiger partial charge is 0.129 e. The Balaban J connectivity index is 1.98. The summed E-state index contributed by atoms with van der Waals surface area (Å²) < 4.78 is 9.77. The SMILES string of the molecule is C[Si](C)(C)C#Cc1c/c2s/c1=C\C=c1/s/c(cc1C#C[Si](C)(C)C)=c1/cc(C#C[Si](C)(C)C)/c(s1)=C/C=c1\s\c=2cc1C#C[Si](C)(C)C. The van der Waals surface area contributed by atoms with Gasteiger partial charge in [-0.15, -0.1) is 67.5 Å². The number of fused-ring (bicyclic) bond motifs is 8. The van der Waals surface area contributed by atoms with Crippen LogP contribution in [0, 0.1) is 64.0 Å². The Labute approximate surface area is 306 Å². The maximum absolute atomic E-state index is 3.62. The molecule has 8 bridgehead atoms. The summed E-state index contributed by atoms with van der Waals surface area (Å²) in [5.74, 6) is 14.4. The fraction of sp³-hybridized carbons (Fsp3) is 0.300. The fourth-order valence-electron chi connectivity index (χ4n) is 4.31. The first-order valence-corrected chi connectivity index (χ1v) is 33.5. The average molecular weight is 765 g/mol. The van der Waals surface area contributed by atoms with E-state index in [1.807, 2.05) is 45.3 Å². The number of hydrogen-bond acceptors (Lipinski definition) is 4. The van der Waals surface area contributed by atoms with Crippen molar-refractivity contribution in [2.75, 3.05) is 0 Å².